The summed E-state index contributed by atoms with van der Waals surface area (Å²) in [5.74, 6) is 4.66. The van der Waals surface area contributed by atoms with Gasteiger partial charge < -0.3 is 114 Å². The molecule has 13 N–H and O–H groups in total. The number of hydrogen-bond donors (Lipinski definition) is 13. The van der Waals surface area contributed by atoms with Crippen molar-refractivity contribution in [2.45, 2.75) is 139 Å². The van der Waals surface area contributed by atoms with Crippen molar-refractivity contribution in [3.05, 3.63) is 204 Å². The molecule has 12 aromatic carbocycles. The number of aromatic nitrogens is 1. The minimum absolute atomic E-state index is 0.143. The van der Waals surface area contributed by atoms with E-state index in [0.29, 0.717) is 119 Å². The molecule has 0 amide bonds. The highest BCUT2D eigenvalue weighted by molar-refractivity contribution is 6.27. The zero-order valence-corrected chi connectivity index (χ0v) is 70.6. The van der Waals surface area contributed by atoms with Gasteiger partial charge in [-0.25, -0.2) is 4.57 Å². The molecular weight excluding hydrogens is 1550 g/mol. The Labute approximate surface area is 701 Å². The Morgan fingerprint density at radius 3 is 1.16 bits per heavy atom. The molecule has 0 aliphatic carbocycles. The number of pyridine rings is 1. The maximum Gasteiger partial charge on any atom is 0.177 e. The molecule has 121 heavy (non-hydrogen) atoms. The lowest BCUT2D eigenvalue weighted by Gasteiger charge is -2.31. The molecule has 13 aromatic rings. The van der Waals surface area contributed by atoms with Crippen LogP contribution in [0.25, 0.3) is 109 Å². The fraction of sp³-hybridized carbons (Fsp3) is 0.344. The second kappa shape index (κ2) is 38.4. The predicted molar refractivity (Wildman–Crippen MR) is 469 cm³/mol. The summed E-state index contributed by atoms with van der Waals surface area (Å²) in [4.78, 5) is 4.64. The highest BCUT2D eigenvalue weighted by atomic mass is 16.5. The number of nitrogens with one attached hydrogen (secondary N) is 1. The molecule has 0 radical (unpaired) electrons. The van der Waals surface area contributed by atoms with Crippen LogP contribution in [0.2, 0.25) is 0 Å². The van der Waals surface area contributed by atoms with Crippen LogP contribution in [-0.2, 0) is 110 Å². The van der Waals surface area contributed by atoms with Gasteiger partial charge in [-0.05, 0) is 267 Å². The second-order valence-corrected chi connectivity index (χ2v) is 29.7. The fourth-order valence-corrected chi connectivity index (χ4v) is 18.3. The van der Waals surface area contributed by atoms with Crippen LogP contribution < -0.4 is 47.8 Å². The molecule has 16 rings (SSSR count). The third-order valence-electron chi connectivity index (χ3n) is 24.2. The number of ether oxygens (including phenoxy) is 9. The average molecular weight is 1650 g/mol. The number of likely N-dealkylation sites (N-methyl/N-ethyl adjacent to an activating group) is 1. The van der Waals surface area contributed by atoms with Gasteiger partial charge >= 0.3 is 0 Å². The van der Waals surface area contributed by atoms with E-state index in [1.54, 1.807) is 56.9 Å². The first-order valence-corrected chi connectivity index (χ1v) is 40.5. The predicted octanol–water partition coefficient (Wildman–Crippen LogP) is 12.2. The molecule has 0 fully saturated rings. The maximum atomic E-state index is 10.3. The van der Waals surface area contributed by atoms with Crippen LogP contribution in [0, 0.1) is 0 Å². The first-order chi connectivity index (χ1) is 58.9. The first-order valence-electron chi connectivity index (χ1n) is 40.5. The van der Waals surface area contributed by atoms with Gasteiger partial charge in [-0.3, -0.25) is 4.90 Å². The molecule has 4 heterocycles. The molecule has 1 aromatic heterocycles. The van der Waals surface area contributed by atoms with Crippen molar-refractivity contribution < 1.29 is 108 Å². The molecule has 1 atom stereocenters. The van der Waals surface area contributed by atoms with E-state index in [0.717, 1.165) is 165 Å². The van der Waals surface area contributed by atoms with Crippen LogP contribution in [0.3, 0.4) is 0 Å². The van der Waals surface area contributed by atoms with Gasteiger partial charge in [0.05, 0.1) is 142 Å². The monoisotopic (exact) mass is 1650 g/mol. The number of rotatable bonds is 25. The SMILES string of the molecule is CCN1C=Cc2c(c3cc(OC)c(CO)cc3c3c(CO)c(CO)c(OC)cc23)C1.CCN1CCc2c(c3cc(OC)c(CO)cc3c3c(CO)c(CO)c(OC)cc23)C1.CCOC1NC=Cc2c1c1cc(OC)c(CO)cc1c1c(CO)c(CO)c(OC)cc21.CC[n+]1ccc2c(c1)c1cc(OC)c(CO)cc1c1c(CO)c(CO)c(OC)cc21. The molecule has 0 saturated heterocycles. The summed E-state index contributed by atoms with van der Waals surface area (Å²) in [5.41, 5.74) is 14.1. The Morgan fingerprint density at radius 2 is 0.736 bits per heavy atom. The fourth-order valence-electron chi connectivity index (χ4n) is 18.3. The Bertz CT molecular complexity index is 6180. The number of aliphatic hydroxyl groups is 12. The molecule has 25 heteroatoms. The Hall–Kier alpha value is -11.0. The molecule has 0 bridgehead atoms. The van der Waals surface area contributed by atoms with Crippen molar-refractivity contribution in [1.29, 1.82) is 0 Å². The molecule has 638 valence electrons. The van der Waals surface area contributed by atoms with E-state index in [1.807, 2.05) is 98.2 Å². The van der Waals surface area contributed by atoms with Crippen LogP contribution in [0.5, 0.6) is 46.0 Å². The highest BCUT2D eigenvalue weighted by Crippen LogP contribution is 2.50. The first kappa shape index (κ1) is 87.9. The lowest BCUT2D eigenvalue weighted by Crippen LogP contribution is -2.30. The smallest absolute Gasteiger partial charge is 0.177 e. The van der Waals surface area contributed by atoms with E-state index in [2.05, 4.69) is 65.0 Å². The Balaban J connectivity index is 0.000000139. The molecule has 25 nitrogen and oxygen atoms in total. The normalized spacial score (nSPS) is 13.6. The van der Waals surface area contributed by atoms with E-state index in [4.69, 9.17) is 42.6 Å². The summed E-state index contributed by atoms with van der Waals surface area (Å²) in [5, 5.41) is 141. The lowest BCUT2D eigenvalue weighted by molar-refractivity contribution is -0.692. The van der Waals surface area contributed by atoms with Crippen molar-refractivity contribution in [3.8, 4) is 46.0 Å². The molecule has 0 spiro atoms. The van der Waals surface area contributed by atoms with Crippen molar-refractivity contribution in [2.24, 2.45) is 0 Å². The Kier molecular flexibility index (Phi) is 27.9. The lowest BCUT2D eigenvalue weighted by atomic mass is 9.84. The van der Waals surface area contributed by atoms with Crippen LogP contribution in [0.4, 0.5) is 0 Å². The van der Waals surface area contributed by atoms with Crippen molar-refractivity contribution >= 4 is 109 Å². The topological polar surface area (TPSA) is 348 Å². The molecular formula is C96H109N4O21+. The van der Waals surface area contributed by atoms with Gasteiger partial charge in [-0.1, -0.05) is 6.92 Å². The van der Waals surface area contributed by atoms with Crippen molar-refractivity contribution in [1.82, 2.24) is 15.1 Å². The molecule has 3 aliphatic heterocycles. The molecule has 1 unspecified atom stereocenters. The zero-order chi connectivity index (χ0) is 86.4. The van der Waals surface area contributed by atoms with E-state index < -0.39 is 0 Å². The summed E-state index contributed by atoms with van der Waals surface area (Å²) in [6.45, 7) is 11.5. The van der Waals surface area contributed by atoms with Gasteiger partial charge in [0.2, 0.25) is 0 Å². The number of aryl methyl sites for hydroxylation is 1. The van der Waals surface area contributed by atoms with Gasteiger partial charge in [0, 0.05) is 94.3 Å². The molecule has 0 saturated carbocycles. The minimum Gasteiger partial charge on any atom is -0.496 e. The standard InChI is InChI=1S/C24H27NO6.C24H29NO5.C24H27NO5.C24H26NO5/c1-4-31-24-23-14(5-6-25-24)16-9-21(30-3)18(11-27)19(12-28)22(16)15-7-13(10-26)20(29-2)8-17(15)23;3*1-4-25-6-5-15-18-9-23(30-3)20(12-27)21(13-28)24(18)17-7-14(11-26)22(29-2)8-16(17)19(15)10-25/h5-9,24-28H,4,10-12H2,1-3H3;7-9,26-28H,4-6,10-13H2,1-3H3;5-9,26-28H,4,10-13H2,1-3H3;5-10,26-28H,4,11-13H2,1-3H3/q;;;+1. The average Bonchev–Trinajstić information content (AvgIpc) is 0.738. The van der Waals surface area contributed by atoms with E-state index in [9.17, 15) is 61.3 Å². The quantitative estimate of drug-likeness (QED) is 0.0187. The van der Waals surface area contributed by atoms with Gasteiger partial charge in [-0.15, -0.1) is 0 Å². The number of methoxy groups -OCH3 is 8. The van der Waals surface area contributed by atoms with E-state index in [1.165, 1.54) is 11.1 Å². The molecule has 3 aliphatic rings. The zero-order valence-electron chi connectivity index (χ0n) is 70.6. The minimum atomic E-state index is -0.373. The van der Waals surface area contributed by atoms with Crippen LogP contribution in [0.15, 0.2) is 104 Å². The van der Waals surface area contributed by atoms with Gasteiger partial charge in [-0.2, -0.15) is 0 Å². The van der Waals surface area contributed by atoms with Gasteiger partial charge in [0.15, 0.2) is 18.6 Å². The number of aliphatic hydroxyl groups excluding tert-OH is 12. The van der Waals surface area contributed by atoms with E-state index in [-0.39, 0.29) is 85.5 Å². The van der Waals surface area contributed by atoms with E-state index >= 15 is 0 Å². The second-order valence-electron chi connectivity index (χ2n) is 29.7. The van der Waals surface area contributed by atoms with Crippen LogP contribution in [-0.4, -0.2) is 154 Å². The summed E-state index contributed by atoms with van der Waals surface area (Å²) in [6.07, 6.45) is 12.6. The number of nitrogens with zero attached hydrogens (tertiary/aromatic N) is 3. The summed E-state index contributed by atoms with van der Waals surface area (Å²) < 4.78 is 52.4. The number of hydrogen-bond acceptors (Lipinski definition) is 24. The highest BCUT2D eigenvalue weighted by Gasteiger charge is 2.32. The number of benzene rings is 12. The summed E-state index contributed by atoms with van der Waals surface area (Å²) in [6, 6.07) is 25.3. The van der Waals surface area contributed by atoms with Gasteiger partial charge in [0.25, 0.3) is 0 Å². The maximum absolute atomic E-state index is 10.3. The third-order valence-corrected chi connectivity index (χ3v) is 24.2. The summed E-state index contributed by atoms with van der Waals surface area (Å²) >= 11 is 0. The van der Waals surface area contributed by atoms with Crippen molar-refractivity contribution in [2.75, 3.05) is 83.1 Å². The third kappa shape index (κ3) is 15.6. The van der Waals surface area contributed by atoms with Crippen molar-refractivity contribution in [3.63, 3.8) is 0 Å². The number of fused-ring (bicyclic) bond motifs is 24. The Morgan fingerprint density at radius 1 is 0.355 bits per heavy atom. The van der Waals surface area contributed by atoms with Crippen LogP contribution >= 0.6 is 0 Å². The van der Waals surface area contributed by atoms with Crippen LogP contribution in [0.1, 0.15) is 134 Å². The largest absolute Gasteiger partial charge is 0.496 e. The van der Waals surface area contributed by atoms with Gasteiger partial charge in [0.1, 0.15) is 52.5 Å². The summed E-state index contributed by atoms with van der Waals surface area (Å²) in [7, 11) is 12.6.